The summed E-state index contributed by atoms with van der Waals surface area (Å²) in [5, 5.41) is 6.48. The van der Waals surface area contributed by atoms with Crippen LogP contribution in [-0.4, -0.2) is 60.9 Å². The van der Waals surface area contributed by atoms with Crippen LogP contribution in [0.15, 0.2) is 18.6 Å². The molecule has 4 heterocycles. The molecule has 28 heavy (non-hydrogen) atoms. The number of halogens is 2. The van der Waals surface area contributed by atoms with E-state index in [1.807, 2.05) is 11.8 Å². The molecule has 0 amide bonds. The Morgan fingerprint density at radius 3 is 2.79 bits per heavy atom. The summed E-state index contributed by atoms with van der Waals surface area (Å²) in [6, 6.07) is 1.13. The summed E-state index contributed by atoms with van der Waals surface area (Å²) in [7, 11) is 0. The van der Waals surface area contributed by atoms with Gasteiger partial charge in [-0.3, -0.25) is 5.10 Å². The third-order valence-corrected chi connectivity index (χ3v) is 4.31. The van der Waals surface area contributed by atoms with Crippen LogP contribution in [0.2, 0.25) is 0 Å². The number of hydrogen-bond acceptors (Lipinski definition) is 9. The molecule has 0 aliphatic carbocycles. The Bertz CT molecular complexity index is 967. The first kappa shape index (κ1) is 18.1. The molecule has 0 spiro atoms. The van der Waals surface area contributed by atoms with Gasteiger partial charge in [-0.15, -0.1) is 0 Å². The van der Waals surface area contributed by atoms with Crippen molar-refractivity contribution in [2.45, 2.75) is 19.4 Å². The summed E-state index contributed by atoms with van der Waals surface area (Å²) in [5.74, 6) is 0.869. The first-order chi connectivity index (χ1) is 13.5. The monoisotopic (exact) mass is 389 g/mol. The molecule has 1 aliphatic rings. The second kappa shape index (κ2) is 7.38. The van der Waals surface area contributed by atoms with E-state index in [9.17, 15) is 8.78 Å². The number of alkyl halides is 2. The van der Waals surface area contributed by atoms with Gasteiger partial charge in [-0.25, -0.2) is 23.7 Å². The number of nitrogens with zero attached hydrogens (tertiary/aromatic N) is 7. The molecule has 1 atom stereocenters. The number of aromatic amines is 1. The zero-order valence-electron chi connectivity index (χ0n) is 14.9. The predicted molar refractivity (Wildman–Crippen MR) is 95.4 cm³/mol. The number of pyridine rings is 1. The molecule has 3 aromatic heterocycles. The number of rotatable bonds is 4. The molecule has 0 aromatic carbocycles. The highest BCUT2D eigenvalue weighted by atomic mass is 19.3. The van der Waals surface area contributed by atoms with Gasteiger partial charge < -0.3 is 15.4 Å². The number of morpholine rings is 1. The Balaban J connectivity index is 1.88. The van der Waals surface area contributed by atoms with Crippen LogP contribution in [0.25, 0.3) is 23.0 Å². The van der Waals surface area contributed by atoms with Crippen molar-refractivity contribution >= 4 is 11.8 Å². The smallest absolute Gasteiger partial charge is 0.264 e. The quantitative estimate of drug-likeness (QED) is 0.680. The molecule has 1 fully saturated rings. The number of nitrogens with one attached hydrogen (secondary N) is 1. The largest absolute Gasteiger partial charge is 0.384 e. The molecular weight excluding hydrogens is 372 g/mol. The number of nitrogen functional groups attached to an aromatic ring is 1. The van der Waals surface area contributed by atoms with Crippen LogP contribution in [-0.2, 0) is 4.74 Å². The lowest BCUT2D eigenvalue weighted by Gasteiger charge is -2.33. The van der Waals surface area contributed by atoms with Gasteiger partial charge in [0.1, 0.15) is 12.1 Å². The van der Waals surface area contributed by atoms with E-state index in [-0.39, 0.29) is 34.6 Å². The number of aromatic nitrogens is 7. The predicted octanol–water partition coefficient (Wildman–Crippen LogP) is 1.46. The van der Waals surface area contributed by atoms with Crippen LogP contribution in [0.1, 0.15) is 18.9 Å². The Hall–Kier alpha value is -3.28. The summed E-state index contributed by atoms with van der Waals surface area (Å²) in [6.45, 7) is 3.54. The molecule has 4 rings (SSSR count). The summed E-state index contributed by atoms with van der Waals surface area (Å²) < 4.78 is 32.6. The van der Waals surface area contributed by atoms with Gasteiger partial charge in [-0.2, -0.15) is 15.1 Å². The second-order valence-electron chi connectivity index (χ2n) is 6.23. The fraction of sp³-hybridized carbons (Fsp3) is 0.375. The maximum Gasteiger partial charge on any atom is 0.264 e. The molecule has 3 N–H and O–H groups in total. The number of nitrogens with two attached hydrogens (primary N) is 1. The van der Waals surface area contributed by atoms with Crippen molar-refractivity contribution in [3.8, 4) is 23.0 Å². The van der Waals surface area contributed by atoms with E-state index in [1.54, 1.807) is 0 Å². The third-order valence-electron chi connectivity index (χ3n) is 4.31. The Kier molecular flexibility index (Phi) is 4.77. The van der Waals surface area contributed by atoms with E-state index in [4.69, 9.17) is 10.5 Å². The Labute approximate surface area is 158 Å². The Morgan fingerprint density at radius 1 is 1.25 bits per heavy atom. The fourth-order valence-corrected chi connectivity index (χ4v) is 2.91. The summed E-state index contributed by atoms with van der Waals surface area (Å²) in [5.41, 5.74) is 5.35. The van der Waals surface area contributed by atoms with E-state index in [1.165, 1.54) is 12.5 Å². The average Bonchev–Trinajstić information content (AvgIpc) is 3.23. The van der Waals surface area contributed by atoms with Crippen molar-refractivity contribution in [2.75, 3.05) is 30.4 Å². The SMILES string of the molecule is C[C@@H]1COCCN1c1nc(-c2ncn[nH]2)nc(-c2cnc(N)cc2C(F)F)n1. The van der Waals surface area contributed by atoms with E-state index in [0.717, 1.165) is 6.07 Å². The topological polar surface area (TPSA) is 132 Å². The minimum Gasteiger partial charge on any atom is -0.384 e. The maximum atomic E-state index is 13.6. The number of H-pyrrole nitrogens is 1. The van der Waals surface area contributed by atoms with Gasteiger partial charge in [0.2, 0.25) is 11.8 Å². The standard InChI is InChI=1S/C16H17F2N9O/c1-8-6-28-3-2-27(8)16-24-13(23-15(25-16)14-21-7-22-26-14)10-5-20-11(19)4-9(10)12(17)18/h4-5,7-8,12H,2-3,6H2,1H3,(H2,19,20)(H,21,22,26)/t8-/m1/s1. The first-order valence-corrected chi connectivity index (χ1v) is 8.53. The molecule has 0 unspecified atom stereocenters. The van der Waals surface area contributed by atoms with E-state index in [0.29, 0.717) is 31.5 Å². The Morgan fingerprint density at radius 2 is 2.07 bits per heavy atom. The minimum absolute atomic E-state index is 0.00527. The van der Waals surface area contributed by atoms with E-state index in [2.05, 4.69) is 35.1 Å². The highest BCUT2D eigenvalue weighted by Crippen LogP contribution is 2.31. The third kappa shape index (κ3) is 3.45. The highest BCUT2D eigenvalue weighted by molar-refractivity contribution is 5.64. The lowest BCUT2D eigenvalue weighted by molar-refractivity contribution is 0.0981. The van der Waals surface area contributed by atoms with Crippen LogP contribution in [0.5, 0.6) is 0 Å². The van der Waals surface area contributed by atoms with Crippen molar-refractivity contribution < 1.29 is 13.5 Å². The molecular formula is C16H17F2N9O. The lowest BCUT2D eigenvalue weighted by atomic mass is 10.1. The molecule has 1 saturated heterocycles. The van der Waals surface area contributed by atoms with Gasteiger partial charge >= 0.3 is 0 Å². The van der Waals surface area contributed by atoms with Crippen molar-refractivity contribution in [2.24, 2.45) is 0 Å². The number of ether oxygens (including phenoxy) is 1. The van der Waals surface area contributed by atoms with Crippen LogP contribution in [0, 0.1) is 0 Å². The van der Waals surface area contributed by atoms with Crippen LogP contribution in [0.4, 0.5) is 20.5 Å². The normalized spacial score (nSPS) is 17.3. The zero-order chi connectivity index (χ0) is 19.7. The zero-order valence-corrected chi connectivity index (χ0v) is 14.9. The molecule has 10 nitrogen and oxygen atoms in total. The molecule has 0 radical (unpaired) electrons. The van der Waals surface area contributed by atoms with Gasteiger partial charge in [0.05, 0.1) is 19.3 Å². The average molecular weight is 389 g/mol. The summed E-state index contributed by atoms with van der Waals surface area (Å²) >= 11 is 0. The second-order valence-corrected chi connectivity index (χ2v) is 6.23. The molecule has 0 bridgehead atoms. The summed E-state index contributed by atoms with van der Waals surface area (Å²) in [4.78, 5) is 23.1. The van der Waals surface area contributed by atoms with E-state index >= 15 is 0 Å². The molecule has 0 saturated carbocycles. The van der Waals surface area contributed by atoms with Gasteiger partial charge in [0, 0.05) is 23.9 Å². The van der Waals surface area contributed by atoms with Gasteiger partial charge in [-0.1, -0.05) is 0 Å². The molecule has 3 aromatic rings. The van der Waals surface area contributed by atoms with Crippen molar-refractivity contribution in [1.29, 1.82) is 0 Å². The van der Waals surface area contributed by atoms with Crippen LogP contribution < -0.4 is 10.6 Å². The van der Waals surface area contributed by atoms with Crippen LogP contribution >= 0.6 is 0 Å². The number of anilines is 2. The van der Waals surface area contributed by atoms with E-state index < -0.39 is 6.43 Å². The molecule has 146 valence electrons. The molecule has 1 aliphatic heterocycles. The molecule has 12 heteroatoms. The minimum atomic E-state index is -2.77. The van der Waals surface area contributed by atoms with Crippen LogP contribution in [0.3, 0.4) is 0 Å². The van der Waals surface area contributed by atoms with Gasteiger partial charge in [0.15, 0.2) is 11.6 Å². The van der Waals surface area contributed by atoms with Gasteiger partial charge in [-0.05, 0) is 13.0 Å². The highest BCUT2D eigenvalue weighted by Gasteiger charge is 2.25. The van der Waals surface area contributed by atoms with Crippen molar-refractivity contribution in [1.82, 2.24) is 35.1 Å². The van der Waals surface area contributed by atoms with Gasteiger partial charge in [0.25, 0.3) is 6.43 Å². The van der Waals surface area contributed by atoms with Crippen molar-refractivity contribution in [3.63, 3.8) is 0 Å². The lowest BCUT2D eigenvalue weighted by Crippen LogP contribution is -2.44. The number of hydrogen-bond donors (Lipinski definition) is 2. The van der Waals surface area contributed by atoms with Crippen molar-refractivity contribution in [3.05, 3.63) is 24.2 Å². The first-order valence-electron chi connectivity index (χ1n) is 8.53. The summed E-state index contributed by atoms with van der Waals surface area (Å²) in [6.07, 6.45) is -0.217. The maximum absolute atomic E-state index is 13.6. The fourth-order valence-electron chi connectivity index (χ4n) is 2.91.